The molecule has 0 bridgehead atoms. The number of rotatable bonds is 6. The summed E-state index contributed by atoms with van der Waals surface area (Å²) in [4.78, 5) is 0. The number of hydrogen-bond donors (Lipinski definition) is 0. The van der Waals surface area contributed by atoms with Crippen LogP contribution in [0.4, 0.5) is 0 Å². The van der Waals surface area contributed by atoms with Gasteiger partial charge in [-0.15, -0.1) is 0 Å². The summed E-state index contributed by atoms with van der Waals surface area (Å²) in [5, 5.41) is 5.72. The zero-order valence-corrected chi connectivity index (χ0v) is 36.5. The van der Waals surface area contributed by atoms with Gasteiger partial charge >= 0.3 is 0 Å². The molecule has 63 heavy (non-hydrogen) atoms. The van der Waals surface area contributed by atoms with Gasteiger partial charge in [-0.2, -0.15) is 0 Å². The molecule has 0 saturated carbocycles. The predicted octanol–water partition coefficient (Wildman–Crippen LogP) is 15.4. The maximum absolute atomic E-state index is 2.56. The van der Waals surface area contributed by atoms with Crippen molar-refractivity contribution in [2.75, 3.05) is 0 Å². The average Bonchev–Trinajstić information content (AvgIpc) is 3.50. The van der Waals surface area contributed by atoms with E-state index in [1.807, 2.05) is 0 Å². The van der Waals surface area contributed by atoms with Crippen molar-refractivity contribution in [2.45, 2.75) is 32.6 Å². The van der Waals surface area contributed by atoms with Gasteiger partial charge in [0.1, 0.15) is 0 Å². The highest BCUT2D eigenvalue weighted by molar-refractivity contribution is 7.77. The standard InChI is InChI=1S/C61H48NP/c1-43-20-18-26-48(41-56(43)53-30-14-13-29-52(53)46-23-8-5-9-24-46)45-36-38-50(39-37-45)62-57-33-16-15-31-54(57)61-55-32-10-2-3-11-35-60(55)63(59-34-17-12-25-49(59)42-58(61)62)51-28-19-27-47(40-51)44-21-6-4-7-22-44/h2-10,12-17,19-34,36-41H,11,18,35,42H2,1H3/b3-2+,32-10-,60-55-. The van der Waals surface area contributed by atoms with Gasteiger partial charge in [-0.25, -0.2) is 0 Å². The highest BCUT2D eigenvalue weighted by atomic mass is 31.1. The zero-order valence-electron chi connectivity index (χ0n) is 35.6. The lowest BCUT2D eigenvalue weighted by Gasteiger charge is -2.30. The number of nitrogens with zero attached hydrogens (tertiary/aromatic N) is 1. The molecule has 2 aliphatic carbocycles. The molecule has 11 rings (SSSR count). The van der Waals surface area contributed by atoms with Crippen molar-refractivity contribution >= 4 is 46.2 Å². The van der Waals surface area contributed by atoms with Crippen LogP contribution >= 0.6 is 7.92 Å². The Morgan fingerprint density at radius 2 is 1.29 bits per heavy atom. The third-order valence-corrected chi connectivity index (χ3v) is 15.6. The quantitative estimate of drug-likeness (QED) is 0.147. The second-order valence-corrected chi connectivity index (χ2v) is 18.9. The molecule has 0 N–H and O–H groups in total. The van der Waals surface area contributed by atoms with Crippen molar-refractivity contribution < 1.29 is 0 Å². The molecule has 1 aromatic heterocycles. The summed E-state index contributed by atoms with van der Waals surface area (Å²) in [5.41, 5.74) is 19.3. The van der Waals surface area contributed by atoms with E-state index >= 15 is 0 Å². The Bertz CT molecular complexity index is 3200. The first-order valence-corrected chi connectivity index (χ1v) is 23.6. The van der Waals surface area contributed by atoms with E-state index in [-0.39, 0.29) is 0 Å². The maximum Gasteiger partial charge on any atom is 0.0538 e. The second kappa shape index (κ2) is 17.0. The molecular formula is C61H48NP. The number of fused-ring (bicyclic) bond motifs is 5. The van der Waals surface area contributed by atoms with E-state index in [4.69, 9.17) is 0 Å². The molecule has 302 valence electrons. The molecule has 0 spiro atoms. The fourth-order valence-corrected chi connectivity index (χ4v) is 12.8. The highest BCUT2D eigenvalue weighted by Crippen LogP contribution is 2.54. The van der Waals surface area contributed by atoms with Gasteiger partial charge in [0.15, 0.2) is 0 Å². The minimum atomic E-state index is -0.828. The molecule has 8 aromatic rings. The molecule has 7 aromatic carbocycles. The van der Waals surface area contributed by atoms with E-state index in [9.17, 15) is 0 Å². The average molecular weight is 826 g/mol. The first-order valence-electron chi connectivity index (χ1n) is 22.3. The van der Waals surface area contributed by atoms with Crippen LogP contribution in [0.1, 0.15) is 54.1 Å². The van der Waals surface area contributed by atoms with Crippen molar-refractivity contribution in [3.8, 4) is 27.9 Å². The molecule has 0 fully saturated rings. The van der Waals surface area contributed by atoms with Crippen LogP contribution in [0, 0.1) is 0 Å². The van der Waals surface area contributed by atoms with Crippen LogP contribution in [-0.2, 0) is 6.42 Å². The zero-order chi connectivity index (χ0) is 42.1. The van der Waals surface area contributed by atoms with E-state index in [2.05, 4.69) is 236 Å². The van der Waals surface area contributed by atoms with Crippen molar-refractivity contribution in [2.24, 2.45) is 0 Å². The van der Waals surface area contributed by atoms with E-state index in [1.54, 1.807) is 5.31 Å². The normalized spacial score (nSPS) is 18.2. The lowest BCUT2D eigenvalue weighted by Crippen LogP contribution is -2.21. The first kappa shape index (κ1) is 38.8. The summed E-state index contributed by atoms with van der Waals surface area (Å²) in [7, 11) is -0.828. The van der Waals surface area contributed by atoms with Gasteiger partial charge in [-0.1, -0.05) is 194 Å². The molecular weight excluding hydrogens is 778 g/mol. The Morgan fingerprint density at radius 1 is 0.571 bits per heavy atom. The summed E-state index contributed by atoms with van der Waals surface area (Å²) in [6, 6.07) is 67.6. The van der Waals surface area contributed by atoms with Crippen molar-refractivity contribution in [3.05, 3.63) is 263 Å². The van der Waals surface area contributed by atoms with Crippen LogP contribution in [0.2, 0.25) is 0 Å². The Kier molecular flexibility index (Phi) is 10.5. The van der Waals surface area contributed by atoms with E-state index in [0.717, 1.165) is 25.7 Å². The first-order chi connectivity index (χ1) is 31.2. The van der Waals surface area contributed by atoms with Crippen LogP contribution in [0.3, 0.4) is 0 Å². The van der Waals surface area contributed by atoms with Gasteiger partial charge in [0.2, 0.25) is 0 Å². The topological polar surface area (TPSA) is 4.93 Å². The molecule has 3 aliphatic rings. The predicted molar refractivity (Wildman–Crippen MR) is 271 cm³/mol. The van der Waals surface area contributed by atoms with Crippen LogP contribution < -0.4 is 10.6 Å². The molecule has 0 amide bonds. The maximum atomic E-state index is 2.56. The summed E-state index contributed by atoms with van der Waals surface area (Å²) in [6.45, 7) is 2.25. The number of allylic oxidation sites excluding steroid dienone is 12. The van der Waals surface area contributed by atoms with E-state index < -0.39 is 7.92 Å². The highest BCUT2D eigenvalue weighted by Gasteiger charge is 2.31. The molecule has 0 radical (unpaired) electrons. The smallest absolute Gasteiger partial charge is 0.0538 e. The third-order valence-electron chi connectivity index (χ3n) is 12.9. The lowest BCUT2D eigenvalue weighted by molar-refractivity contribution is 0.979. The van der Waals surface area contributed by atoms with E-state index in [1.165, 1.54) is 99.7 Å². The molecule has 1 unspecified atom stereocenters. The monoisotopic (exact) mass is 825 g/mol. The largest absolute Gasteiger partial charge is 0.313 e. The molecule has 0 saturated heterocycles. The summed E-state index contributed by atoms with van der Waals surface area (Å²) < 4.78 is 2.56. The lowest BCUT2D eigenvalue weighted by atomic mass is 9.89. The van der Waals surface area contributed by atoms with Crippen molar-refractivity contribution in [3.63, 3.8) is 0 Å². The molecule has 1 atom stereocenters. The van der Waals surface area contributed by atoms with Gasteiger partial charge < -0.3 is 4.57 Å². The Labute approximate surface area is 372 Å². The van der Waals surface area contributed by atoms with Gasteiger partial charge in [0.25, 0.3) is 0 Å². The number of hydrogen-bond acceptors (Lipinski definition) is 0. The fraction of sp³-hybridized carbons (Fsp3) is 0.0820. The SMILES string of the molecule is CC1=CCC=C(c2ccc(-n3c4c(c5ccccc53)C3=C(/CC/C=C/C=C\3)P(c3cccc(-c5ccccc5)c3)c3ccccc3C4)cc2)C=C1c1ccccc1-c1ccccc1. The Morgan fingerprint density at radius 3 is 2.13 bits per heavy atom. The van der Waals surface area contributed by atoms with E-state index in [0.29, 0.717) is 0 Å². The summed E-state index contributed by atoms with van der Waals surface area (Å²) in [6.07, 6.45) is 20.2. The number of para-hydroxylation sites is 1. The molecule has 1 nitrogen and oxygen atoms in total. The Balaban J connectivity index is 1.06. The van der Waals surface area contributed by atoms with Crippen LogP contribution in [0.15, 0.2) is 235 Å². The van der Waals surface area contributed by atoms with Gasteiger partial charge in [-0.05, 0) is 142 Å². The van der Waals surface area contributed by atoms with Crippen molar-refractivity contribution in [1.29, 1.82) is 0 Å². The summed E-state index contributed by atoms with van der Waals surface area (Å²) >= 11 is 0. The van der Waals surface area contributed by atoms with Crippen LogP contribution in [0.5, 0.6) is 0 Å². The minimum Gasteiger partial charge on any atom is -0.313 e. The van der Waals surface area contributed by atoms with Gasteiger partial charge in [0, 0.05) is 28.8 Å². The Hall–Kier alpha value is -7.05. The minimum absolute atomic E-state index is 0.828. The number of aromatic nitrogens is 1. The van der Waals surface area contributed by atoms with Gasteiger partial charge in [-0.3, -0.25) is 0 Å². The molecule has 2 heteroatoms. The fourth-order valence-electron chi connectivity index (χ4n) is 9.93. The molecule has 2 heterocycles. The second-order valence-electron chi connectivity index (χ2n) is 16.7. The summed E-state index contributed by atoms with van der Waals surface area (Å²) in [5.74, 6) is 0. The van der Waals surface area contributed by atoms with Gasteiger partial charge in [0.05, 0.1) is 5.52 Å². The van der Waals surface area contributed by atoms with Crippen LogP contribution in [-0.4, -0.2) is 4.57 Å². The number of benzene rings is 7. The van der Waals surface area contributed by atoms with Crippen LogP contribution in [0.25, 0.3) is 55.6 Å². The third kappa shape index (κ3) is 7.33. The molecule has 1 aliphatic heterocycles. The van der Waals surface area contributed by atoms with Crippen molar-refractivity contribution in [1.82, 2.24) is 4.57 Å².